The molecule has 3 atom stereocenters. The van der Waals surface area contributed by atoms with Crippen LogP contribution < -0.4 is 5.69 Å². The van der Waals surface area contributed by atoms with Crippen LogP contribution in [0.1, 0.15) is 48.3 Å². The van der Waals surface area contributed by atoms with E-state index in [1.165, 1.54) is 4.88 Å². The molecule has 8 heteroatoms. The van der Waals surface area contributed by atoms with Crippen molar-refractivity contribution in [2.45, 2.75) is 37.6 Å². The Bertz CT molecular complexity index is 782. The highest BCUT2D eigenvalue weighted by Gasteiger charge is 2.48. The van der Waals surface area contributed by atoms with Gasteiger partial charge in [-0.15, -0.1) is 11.3 Å². The molecule has 0 radical (unpaired) electrons. The van der Waals surface area contributed by atoms with Crippen LogP contribution in [0.3, 0.4) is 0 Å². The normalized spacial score (nSPS) is 27.2. The second-order valence-electron chi connectivity index (χ2n) is 6.20. The molecule has 2 N–H and O–H groups in total. The fourth-order valence-corrected chi connectivity index (χ4v) is 4.68. The maximum absolute atomic E-state index is 12.9. The van der Waals surface area contributed by atoms with Crippen molar-refractivity contribution in [2.75, 3.05) is 6.54 Å². The Balaban J connectivity index is 1.51. The van der Waals surface area contributed by atoms with Gasteiger partial charge in [0, 0.05) is 23.3 Å². The Hall–Kier alpha value is -1.60. The van der Waals surface area contributed by atoms with E-state index in [0.717, 1.165) is 36.6 Å². The van der Waals surface area contributed by atoms with Crippen molar-refractivity contribution in [3.63, 3.8) is 0 Å². The molecule has 2 fully saturated rings. The number of carbonyl (C=O) groups excluding carboxylic acids is 1. The van der Waals surface area contributed by atoms with Gasteiger partial charge >= 0.3 is 5.69 Å². The largest absolute Gasteiger partial charge is 0.340 e. The molecule has 0 spiro atoms. The van der Waals surface area contributed by atoms with Crippen LogP contribution in [0.4, 0.5) is 0 Å². The summed E-state index contributed by atoms with van der Waals surface area (Å²) >= 11 is 7.55. The molecule has 3 heterocycles. The molecule has 1 amide bonds. The van der Waals surface area contributed by atoms with Crippen molar-refractivity contribution in [3.8, 4) is 0 Å². The van der Waals surface area contributed by atoms with Crippen LogP contribution in [0.25, 0.3) is 0 Å². The Kier molecular flexibility index (Phi) is 3.77. The van der Waals surface area contributed by atoms with Gasteiger partial charge in [0.15, 0.2) is 5.82 Å². The number of nitrogens with zero attached hydrogens (tertiary/aromatic N) is 2. The first-order valence-corrected chi connectivity index (χ1v) is 9.03. The van der Waals surface area contributed by atoms with Crippen LogP contribution in [0, 0.1) is 5.92 Å². The van der Waals surface area contributed by atoms with Gasteiger partial charge in [-0.05, 0) is 37.8 Å². The molecule has 1 aliphatic carbocycles. The smallest absolute Gasteiger partial charge is 0.332 e. The second-order valence-corrected chi connectivity index (χ2v) is 7.94. The van der Waals surface area contributed by atoms with Gasteiger partial charge in [-0.25, -0.2) is 9.89 Å². The number of hydrogen-bond acceptors (Lipinski definition) is 4. The van der Waals surface area contributed by atoms with Crippen molar-refractivity contribution in [3.05, 3.63) is 37.7 Å². The lowest BCUT2D eigenvalue weighted by atomic mass is 10.0. The topological polar surface area (TPSA) is 81.8 Å². The Morgan fingerprint density at radius 3 is 2.96 bits per heavy atom. The first kappa shape index (κ1) is 15.0. The molecule has 0 bridgehead atoms. The van der Waals surface area contributed by atoms with Crippen LogP contribution in [0.5, 0.6) is 0 Å². The molecular weight excluding hydrogens is 336 g/mol. The SMILES string of the molecule is O=C([C@@H]1C[C@H]1c1ccc(Cl)s1)N1CCCCC1c1n[nH]c(=O)[nH]1. The van der Waals surface area contributed by atoms with E-state index in [0.29, 0.717) is 11.7 Å². The fraction of sp³-hybridized carbons (Fsp3) is 0.533. The fourth-order valence-electron chi connectivity index (χ4n) is 3.44. The number of thiophene rings is 1. The summed E-state index contributed by atoms with van der Waals surface area (Å²) < 4.78 is 0.767. The molecular formula is C15H17ClN4O2S. The van der Waals surface area contributed by atoms with Gasteiger partial charge in [-0.3, -0.25) is 9.78 Å². The van der Waals surface area contributed by atoms with Crippen molar-refractivity contribution < 1.29 is 4.79 Å². The summed E-state index contributed by atoms with van der Waals surface area (Å²) in [4.78, 5) is 30.0. The number of halogens is 1. The average molecular weight is 353 g/mol. The van der Waals surface area contributed by atoms with Crippen LogP contribution >= 0.6 is 22.9 Å². The van der Waals surface area contributed by atoms with Crippen LogP contribution in [0.15, 0.2) is 16.9 Å². The number of carbonyl (C=O) groups is 1. The van der Waals surface area contributed by atoms with E-state index in [1.807, 2.05) is 17.0 Å². The lowest BCUT2D eigenvalue weighted by Gasteiger charge is -2.34. The number of piperidine rings is 1. The van der Waals surface area contributed by atoms with Gasteiger partial charge in [0.1, 0.15) is 0 Å². The zero-order valence-electron chi connectivity index (χ0n) is 12.4. The van der Waals surface area contributed by atoms with Crippen molar-refractivity contribution in [1.29, 1.82) is 0 Å². The summed E-state index contributed by atoms with van der Waals surface area (Å²) in [5, 5.41) is 6.43. The van der Waals surface area contributed by atoms with Crippen LogP contribution in [-0.2, 0) is 4.79 Å². The zero-order valence-corrected chi connectivity index (χ0v) is 14.0. The van der Waals surface area contributed by atoms with E-state index in [-0.39, 0.29) is 23.6 Å². The molecule has 1 saturated heterocycles. The molecule has 6 nitrogen and oxygen atoms in total. The molecule has 23 heavy (non-hydrogen) atoms. The summed E-state index contributed by atoms with van der Waals surface area (Å²) in [6.45, 7) is 0.729. The highest BCUT2D eigenvalue weighted by molar-refractivity contribution is 7.16. The zero-order chi connectivity index (χ0) is 16.0. The molecule has 1 unspecified atom stereocenters. The molecule has 4 rings (SSSR count). The van der Waals surface area contributed by atoms with E-state index >= 15 is 0 Å². The summed E-state index contributed by atoms with van der Waals surface area (Å²) in [5.41, 5.74) is -0.324. The third kappa shape index (κ3) is 2.83. The molecule has 2 aliphatic rings. The number of aromatic nitrogens is 3. The predicted octanol–water partition coefficient (Wildman–Crippen LogP) is 2.67. The van der Waals surface area contributed by atoms with E-state index in [1.54, 1.807) is 11.3 Å². The minimum atomic E-state index is -0.324. The van der Waals surface area contributed by atoms with E-state index in [9.17, 15) is 9.59 Å². The quantitative estimate of drug-likeness (QED) is 0.891. The Morgan fingerprint density at radius 2 is 2.26 bits per heavy atom. The van der Waals surface area contributed by atoms with Gasteiger partial charge in [0.05, 0.1) is 10.4 Å². The maximum Gasteiger partial charge on any atom is 0.340 e. The standard InChI is InChI=1S/C15H17ClN4O2S/c16-12-5-4-11(23-12)8-7-9(8)14(21)20-6-2-1-3-10(20)13-17-15(22)19-18-13/h4-5,8-10H,1-3,6-7H2,(H2,17,18,19,22)/t8-,9-,10?/m1/s1. The molecule has 1 aliphatic heterocycles. The van der Waals surface area contributed by atoms with E-state index in [4.69, 9.17) is 11.6 Å². The van der Waals surface area contributed by atoms with Gasteiger partial charge in [0.25, 0.3) is 0 Å². The molecule has 2 aromatic heterocycles. The molecule has 1 saturated carbocycles. The maximum atomic E-state index is 12.9. The number of rotatable bonds is 3. The van der Waals surface area contributed by atoms with Crippen molar-refractivity contribution in [1.82, 2.24) is 20.1 Å². The minimum Gasteiger partial charge on any atom is -0.332 e. The van der Waals surface area contributed by atoms with Crippen LogP contribution in [0.2, 0.25) is 4.34 Å². The lowest BCUT2D eigenvalue weighted by Crippen LogP contribution is -2.40. The second kappa shape index (κ2) is 5.79. The predicted molar refractivity (Wildman–Crippen MR) is 87.7 cm³/mol. The minimum absolute atomic E-state index is 0.0379. The summed E-state index contributed by atoms with van der Waals surface area (Å²) in [5.74, 6) is 1.07. The Labute approximate surface area is 141 Å². The van der Waals surface area contributed by atoms with Gasteiger partial charge in [-0.2, -0.15) is 5.10 Å². The van der Waals surface area contributed by atoms with Crippen LogP contribution in [-0.4, -0.2) is 32.5 Å². The number of amides is 1. The van der Waals surface area contributed by atoms with Crippen molar-refractivity contribution >= 4 is 28.8 Å². The van der Waals surface area contributed by atoms with Crippen molar-refractivity contribution in [2.24, 2.45) is 5.92 Å². The molecule has 122 valence electrons. The number of H-pyrrole nitrogens is 2. The molecule has 2 aromatic rings. The third-order valence-electron chi connectivity index (χ3n) is 4.69. The number of aromatic amines is 2. The first-order valence-electron chi connectivity index (χ1n) is 7.84. The monoisotopic (exact) mass is 352 g/mol. The molecule has 0 aromatic carbocycles. The van der Waals surface area contributed by atoms with Gasteiger partial charge in [-0.1, -0.05) is 11.6 Å². The first-order chi connectivity index (χ1) is 11.1. The Morgan fingerprint density at radius 1 is 1.39 bits per heavy atom. The third-order valence-corrected chi connectivity index (χ3v) is 6.05. The van der Waals surface area contributed by atoms with E-state index in [2.05, 4.69) is 15.2 Å². The highest BCUT2D eigenvalue weighted by atomic mass is 35.5. The van der Waals surface area contributed by atoms with Gasteiger partial charge in [0.2, 0.25) is 5.91 Å². The van der Waals surface area contributed by atoms with E-state index < -0.39 is 0 Å². The number of nitrogens with one attached hydrogen (secondary N) is 2. The summed E-state index contributed by atoms with van der Waals surface area (Å²) in [7, 11) is 0. The number of likely N-dealkylation sites (tertiary alicyclic amines) is 1. The average Bonchev–Trinajstić information content (AvgIpc) is 3.05. The highest BCUT2D eigenvalue weighted by Crippen LogP contribution is 2.52. The lowest BCUT2D eigenvalue weighted by molar-refractivity contribution is -0.136. The number of hydrogen-bond donors (Lipinski definition) is 2. The van der Waals surface area contributed by atoms with Gasteiger partial charge < -0.3 is 4.90 Å². The summed E-state index contributed by atoms with van der Waals surface area (Å²) in [6.07, 6.45) is 3.77. The summed E-state index contributed by atoms with van der Waals surface area (Å²) in [6, 6.07) is 3.78.